The molecule has 1 aliphatic rings. The topological polar surface area (TPSA) is 110 Å². The van der Waals surface area contributed by atoms with E-state index in [9.17, 15) is 9.59 Å². The van der Waals surface area contributed by atoms with Crippen LogP contribution in [0.3, 0.4) is 0 Å². The molecule has 0 aliphatic carbocycles. The minimum absolute atomic E-state index is 0.242. The van der Waals surface area contributed by atoms with Crippen molar-refractivity contribution in [1.29, 1.82) is 0 Å². The summed E-state index contributed by atoms with van der Waals surface area (Å²) < 4.78 is 0. The van der Waals surface area contributed by atoms with Crippen LogP contribution >= 0.6 is 0 Å². The summed E-state index contributed by atoms with van der Waals surface area (Å²) in [4.78, 5) is 23.7. The Morgan fingerprint density at radius 1 is 0.778 bits per heavy atom. The van der Waals surface area contributed by atoms with Crippen molar-refractivity contribution in [3.8, 4) is 0 Å². The molecule has 0 aromatic heterocycles. The summed E-state index contributed by atoms with van der Waals surface area (Å²) in [6.45, 7) is 3.28. The number of nitrogens with one attached hydrogen (secondary N) is 1. The Hall–Kier alpha value is -1.18. The Morgan fingerprint density at radius 3 is 1.74 bits per heavy atom. The second kappa shape index (κ2) is 14.8. The van der Waals surface area contributed by atoms with Gasteiger partial charge >= 0.3 is 11.9 Å². The normalized spacial score (nSPS) is 20.6. The highest BCUT2D eigenvalue weighted by atomic mass is 16.4. The fourth-order valence-corrected chi connectivity index (χ4v) is 3.80. The van der Waals surface area contributed by atoms with Crippen molar-refractivity contribution in [2.45, 2.75) is 89.1 Å². The van der Waals surface area contributed by atoms with Crippen LogP contribution in [-0.2, 0) is 9.59 Å². The third-order valence-electron chi connectivity index (χ3n) is 5.20. The molecule has 1 saturated heterocycles. The number of carboxylic acid groups (broad SMARTS) is 2. The molecule has 4 N–H and O–H groups in total. The molecule has 0 aromatic carbocycles. The maximum atomic E-state index is 10.6. The number of aliphatic carboxylic acids is 2. The summed E-state index contributed by atoms with van der Waals surface area (Å²) in [5.74, 6) is -1.44. The van der Waals surface area contributed by atoms with E-state index in [-0.39, 0.29) is 19.4 Å². The van der Waals surface area contributed by atoms with Crippen molar-refractivity contribution in [3.63, 3.8) is 0 Å². The maximum Gasteiger partial charge on any atom is 0.303 e. The zero-order valence-electron chi connectivity index (χ0n) is 16.6. The van der Waals surface area contributed by atoms with E-state index in [4.69, 9.17) is 15.3 Å². The van der Waals surface area contributed by atoms with Gasteiger partial charge in [0.05, 0.1) is 0 Å². The van der Waals surface area contributed by atoms with Gasteiger partial charge in [-0.15, -0.1) is 0 Å². The lowest BCUT2D eigenvalue weighted by atomic mass is 9.99. The fourth-order valence-electron chi connectivity index (χ4n) is 3.80. The number of aliphatic hydroxyl groups excluding tert-OH is 1. The standard InChI is InChI=1S/C20H38N2O5/c23-14-8-7-13-22-15-17(9-3-1-5-11-19(24)25)21-18(16-22)10-4-2-6-12-20(26)27/h17-18,21,23H,1-16H2,(H,24,25)(H,26,27). The van der Waals surface area contributed by atoms with Gasteiger partial charge in [-0.25, -0.2) is 0 Å². The number of carbonyl (C=O) groups is 2. The number of nitrogens with zero attached hydrogens (tertiary/aromatic N) is 1. The van der Waals surface area contributed by atoms with E-state index in [1.807, 2.05) is 0 Å². The van der Waals surface area contributed by atoms with Crippen LogP contribution in [0.1, 0.15) is 77.0 Å². The third-order valence-corrected chi connectivity index (χ3v) is 5.20. The van der Waals surface area contributed by atoms with Crippen LogP contribution in [0.25, 0.3) is 0 Å². The second-order valence-corrected chi connectivity index (χ2v) is 7.74. The highest BCUT2D eigenvalue weighted by Crippen LogP contribution is 2.16. The number of aliphatic hydroxyl groups is 1. The van der Waals surface area contributed by atoms with E-state index in [1.54, 1.807) is 0 Å². The number of carboxylic acids is 2. The smallest absolute Gasteiger partial charge is 0.303 e. The molecule has 1 heterocycles. The van der Waals surface area contributed by atoms with Crippen molar-refractivity contribution in [2.24, 2.45) is 0 Å². The Labute approximate surface area is 163 Å². The summed E-state index contributed by atoms with van der Waals surface area (Å²) in [5.41, 5.74) is 0. The van der Waals surface area contributed by atoms with Gasteiger partial charge in [0.2, 0.25) is 0 Å². The monoisotopic (exact) mass is 386 g/mol. The van der Waals surface area contributed by atoms with Gasteiger partial charge in [0, 0.05) is 44.6 Å². The summed E-state index contributed by atoms with van der Waals surface area (Å²) in [5, 5.41) is 30.2. The largest absolute Gasteiger partial charge is 0.481 e. The van der Waals surface area contributed by atoms with Crippen LogP contribution in [-0.4, -0.2) is 70.5 Å². The third kappa shape index (κ3) is 12.8. The van der Waals surface area contributed by atoms with Crippen molar-refractivity contribution >= 4 is 11.9 Å². The SMILES string of the molecule is O=C(O)CCCCCC1CN(CCCCO)CC(CCCCCC(=O)O)N1. The molecule has 0 spiro atoms. The molecule has 0 radical (unpaired) electrons. The van der Waals surface area contributed by atoms with Gasteiger partial charge < -0.3 is 25.5 Å². The molecule has 27 heavy (non-hydrogen) atoms. The van der Waals surface area contributed by atoms with Crippen LogP contribution in [0, 0.1) is 0 Å². The first-order valence-corrected chi connectivity index (χ1v) is 10.5. The quantitative estimate of drug-likeness (QED) is 0.302. The Balaban J connectivity index is 2.33. The molecule has 1 fully saturated rings. The average Bonchev–Trinajstić information content (AvgIpc) is 2.61. The molecular weight excluding hydrogens is 348 g/mol. The molecule has 2 atom stereocenters. The number of unbranched alkanes of at least 4 members (excludes halogenated alkanes) is 5. The molecule has 1 aliphatic heterocycles. The molecule has 7 heteroatoms. The Bertz CT molecular complexity index is 387. The zero-order chi connectivity index (χ0) is 19.9. The fraction of sp³-hybridized carbons (Fsp3) is 0.900. The Kier molecular flexibility index (Phi) is 13.1. The van der Waals surface area contributed by atoms with E-state index in [0.29, 0.717) is 12.1 Å². The molecule has 0 aromatic rings. The second-order valence-electron chi connectivity index (χ2n) is 7.74. The summed E-state index contributed by atoms with van der Waals surface area (Å²) in [6, 6.07) is 0.864. The van der Waals surface area contributed by atoms with E-state index in [2.05, 4.69) is 10.2 Å². The van der Waals surface area contributed by atoms with Crippen LogP contribution in [0.4, 0.5) is 0 Å². The Morgan fingerprint density at radius 2 is 1.30 bits per heavy atom. The first-order chi connectivity index (χ1) is 13.0. The van der Waals surface area contributed by atoms with Crippen LogP contribution in [0.2, 0.25) is 0 Å². The van der Waals surface area contributed by atoms with Crippen LogP contribution in [0.15, 0.2) is 0 Å². The highest BCUT2D eigenvalue weighted by Gasteiger charge is 2.25. The highest BCUT2D eigenvalue weighted by molar-refractivity contribution is 5.66. The van der Waals surface area contributed by atoms with Gasteiger partial charge in [0.15, 0.2) is 0 Å². The molecule has 1 rings (SSSR count). The first-order valence-electron chi connectivity index (χ1n) is 10.5. The van der Waals surface area contributed by atoms with Crippen LogP contribution < -0.4 is 5.32 Å². The van der Waals surface area contributed by atoms with Crippen molar-refractivity contribution in [2.75, 3.05) is 26.2 Å². The van der Waals surface area contributed by atoms with Gasteiger partial charge in [0.1, 0.15) is 0 Å². The lowest BCUT2D eigenvalue weighted by Gasteiger charge is -2.39. The average molecular weight is 387 g/mol. The maximum absolute atomic E-state index is 10.6. The first kappa shape index (κ1) is 23.9. The number of hydrogen-bond donors (Lipinski definition) is 4. The molecule has 0 bridgehead atoms. The molecule has 0 amide bonds. The minimum Gasteiger partial charge on any atom is -0.481 e. The predicted molar refractivity (Wildman–Crippen MR) is 105 cm³/mol. The van der Waals surface area contributed by atoms with E-state index >= 15 is 0 Å². The predicted octanol–water partition coefficient (Wildman–Crippen LogP) is 2.47. The molecule has 158 valence electrons. The van der Waals surface area contributed by atoms with Gasteiger partial charge in [-0.05, 0) is 45.1 Å². The lowest BCUT2D eigenvalue weighted by Crippen LogP contribution is -2.56. The molecular formula is C20H38N2O5. The molecule has 2 unspecified atom stereocenters. The lowest BCUT2D eigenvalue weighted by molar-refractivity contribution is -0.138. The number of piperazine rings is 1. The molecule has 7 nitrogen and oxygen atoms in total. The molecule has 0 saturated carbocycles. The zero-order valence-corrected chi connectivity index (χ0v) is 16.6. The summed E-state index contributed by atoms with van der Waals surface area (Å²) in [7, 11) is 0. The van der Waals surface area contributed by atoms with Gasteiger partial charge in [0.25, 0.3) is 0 Å². The minimum atomic E-state index is -0.719. The van der Waals surface area contributed by atoms with E-state index in [1.165, 1.54) is 0 Å². The van der Waals surface area contributed by atoms with Gasteiger partial charge in [-0.3, -0.25) is 9.59 Å². The van der Waals surface area contributed by atoms with Crippen LogP contribution in [0.5, 0.6) is 0 Å². The summed E-state index contributed by atoms with van der Waals surface area (Å²) >= 11 is 0. The summed E-state index contributed by atoms with van der Waals surface area (Å²) in [6.07, 6.45) is 9.96. The van der Waals surface area contributed by atoms with Gasteiger partial charge in [-0.2, -0.15) is 0 Å². The van der Waals surface area contributed by atoms with Crippen molar-refractivity contribution in [1.82, 2.24) is 10.2 Å². The van der Waals surface area contributed by atoms with Crippen molar-refractivity contribution < 1.29 is 24.9 Å². The van der Waals surface area contributed by atoms with Crippen molar-refractivity contribution in [3.05, 3.63) is 0 Å². The number of rotatable bonds is 16. The van der Waals surface area contributed by atoms with E-state index in [0.717, 1.165) is 83.8 Å². The van der Waals surface area contributed by atoms with E-state index < -0.39 is 11.9 Å². The number of hydrogen-bond acceptors (Lipinski definition) is 5. The van der Waals surface area contributed by atoms with Gasteiger partial charge in [-0.1, -0.05) is 25.7 Å².